The van der Waals surface area contributed by atoms with Gasteiger partial charge in [-0.05, 0) is 30.7 Å². The first kappa shape index (κ1) is 15.1. The third kappa shape index (κ3) is 2.45. The molecule has 2 aromatic carbocycles. The molecule has 0 bridgehead atoms. The van der Waals surface area contributed by atoms with Gasteiger partial charge >= 0.3 is 0 Å². The summed E-state index contributed by atoms with van der Waals surface area (Å²) in [5.41, 5.74) is 8.08. The average molecular weight is 311 g/mol. The summed E-state index contributed by atoms with van der Waals surface area (Å²) >= 11 is 0. The van der Waals surface area contributed by atoms with E-state index in [0.29, 0.717) is 33.4 Å². The Balaban J connectivity index is 2.26. The van der Waals surface area contributed by atoms with Crippen LogP contribution in [0.1, 0.15) is 11.1 Å². The Morgan fingerprint density at radius 1 is 1.26 bits per heavy atom. The number of ether oxygens (including phenoxy) is 1. The largest absolute Gasteiger partial charge is 0.507 e. The first-order valence-electron chi connectivity index (χ1n) is 7.18. The van der Waals surface area contributed by atoms with Gasteiger partial charge in [-0.2, -0.15) is 0 Å². The zero-order valence-electron chi connectivity index (χ0n) is 12.9. The van der Waals surface area contributed by atoms with E-state index in [4.69, 9.17) is 14.9 Å². The molecule has 3 N–H and O–H groups in total. The number of phenols is 1. The fraction of sp³-hybridized carbons (Fsp3) is 0.167. The Bertz CT molecular complexity index is 926. The Morgan fingerprint density at radius 3 is 2.57 bits per heavy atom. The number of methoxy groups -OCH3 is 1. The van der Waals surface area contributed by atoms with Crippen LogP contribution in [-0.4, -0.2) is 12.2 Å². The van der Waals surface area contributed by atoms with Gasteiger partial charge < -0.3 is 20.0 Å². The van der Waals surface area contributed by atoms with Crippen LogP contribution in [0.5, 0.6) is 11.5 Å². The Kier molecular flexibility index (Phi) is 3.80. The van der Waals surface area contributed by atoms with Crippen molar-refractivity contribution in [1.82, 2.24) is 0 Å². The number of hydrogen-bond acceptors (Lipinski definition) is 5. The van der Waals surface area contributed by atoms with Crippen molar-refractivity contribution in [3.05, 3.63) is 57.9 Å². The summed E-state index contributed by atoms with van der Waals surface area (Å²) in [5.74, 6) is 0.783. The molecular formula is C18H17NO4. The Morgan fingerprint density at radius 2 is 1.96 bits per heavy atom. The zero-order chi connectivity index (χ0) is 16.6. The van der Waals surface area contributed by atoms with Crippen molar-refractivity contribution in [3.63, 3.8) is 0 Å². The van der Waals surface area contributed by atoms with Gasteiger partial charge in [0.15, 0.2) is 0 Å². The number of hydrogen-bond donors (Lipinski definition) is 2. The van der Waals surface area contributed by atoms with Crippen LogP contribution in [0.25, 0.3) is 22.1 Å². The van der Waals surface area contributed by atoms with Crippen LogP contribution in [0.15, 0.2) is 45.8 Å². The number of phenolic OH excluding ortho intramolecular Hbond substituents is 1. The number of nitrogens with two attached hydrogens (primary N) is 1. The molecular weight excluding hydrogens is 294 g/mol. The van der Waals surface area contributed by atoms with Gasteiger partial charge in [-0.15, -0.1) is 0 Å². The van der Waals surface area contributed by atoms with Gasteiger partial charge in [0.05, 0.1) is 18.1 Å². The van der Waals surface area contributed by atoms with Crippen LogP contribution in [0.2, 0.25) is 0 Å². The molecule has 1 aromatic heterocycles. The lowest BCUT2D eigenvalue weighted by Gasteiger charge is -2.10. The molecule has 0 saturated heterocycles. The Labute approximate surface area is 132 Å². The van der Waals surface area contributed by atoms with E-state index in [1.807, 2.05) is 0 Å². The predicted molar refractivity (Wildman–Crippen MR) is 88.8 cm³/mol. The third-order valence-corrected chi connectivity index (χ3v) is 3.97. The zero-order valence-corrected chi connectivity index (χ0v) is 12.9. The molecule has 118 valence electrons. The molecule has 1 heterocycles. The van der Waals surface area contributed by atoms with E-state index in [1.54, 1.807) is 44.4 Å². The van der Waals surface area contributed by atoms with Crippen molar-refractivity contribution < 1.29 is 14.3 Å². The van der Waals surface area contributed by atoms with E-state index in [2.05, 4.69) is 0 Å². The number of aryl methyl sites for hydroxylation is 1. The first-order chi connectivity index (χ1) is 11.1. The van der Waals surface area contributed by atoms with Gasteiger partial charge in [0.2, 0.25) is 5.43 Å². The Hall–Kier alpha value is -2.79. The summed E-state index contributed by atoms with van der Waals surface area (Å²) in [6.07, 6.45) is 1.42. The summed E-state index contributed by atoms with van der Waals surface area (Å²) < 4.78 is 10.7. The lowest BCUT2D eigenvalue weighted by molar-refractivity contribution is 0.415. The molecule has 0 amide bonds. The molecule has 5 nitrogen and oxygen atoms in total. The summed E-state index contributed by atoms with van der Waals surface area (Å²) in [6.45, 7) is 1.85. The highest BCUT2D eigenvalue weighted by molar-refractivity contribution is 5.86. The number of benzene rings is 2. The van der Waals surface area contributed by atoms with E-state index < -0.39 is 0 Å². The van der Waals surface area contributed by atoms with Gasteiger partial charge in [-0.1, -0.05) is 12.1 Å². The molecule has 0 aliphatic heterocycles. The van der Waals surface area contributed by atoms with Gasteiger partial charge in [-0.25, -0.2) is 0 Å². The summed E-state index contributed by atoms with van der Waals surface area (Å²) in [6, 6.07) is 8.76. The van der Waals surface area contributed by atoms with Crippen molar-refractivity contribution in [2.24, 2.45) is 5.73 Å². The van der Waals surface area contributed by atoms with Gasteiger partial charge in [0, 0.05) is 17.7 Å². The molecule has 0 aliphatic carbocycles. The molecule has 3 aromatic rings. The third-order valence-electron chi connectivity index (χ3n) is 3.97. The summed E-state index contributed by atoms with van der Waals surface area (Å²) in [7, 11) is 1.59. The second-order valence-electron chi connectivity index (χ2n) is 5.30. The molecule has 3 rings (SSSR count). The molecule has 23 heavy (non-hydrogen) atoms. The number of aromatic hydroxyl groups is 1. The molecule has 0 atom stereocenters. The SMILES string of the molecule is COc1ccc(-c2coc3c(C)c(O)c(CN)cc3c2=O)cc1. The van der Waals surface area contributed by atoms with Crippen LogP contribution >= 0.6 is 0 Å². The fourth-order valence-electron chi connectivity index (χ4n) is 2.62. The highest BCUT2D eigenvalue weighted by Gasteiger charge is 2.15. The number of fused-ring (bicyclic) bond motifs is 1. The van der Waals surface area contributed by atoms with Crippen molar-refractivity contribution in [1.29, 1.82) is 0 Å². The predicted octanol–water partition coefficient (Wildman–Crippen LogP) is 2.94. The summed E-state index contributed by atoms with van der Waals surface area (Å²) in [4.78, 5) is 12.8. The minimum Gasteiger partial charge on any atom is -0.507 e. The summed E-state index contributed by atoms with van der Waals surface area (Å²) in [5, 5.41) is 10.5. The normalized spacial score (nSPS) is 10.9. The van der Waals surface area contributed by atoms with Crippen molar-refractivity contribution in [2.75, 3.05) is 7.11 Å². The maximum absolute atomic E-state index is 12.8. The lowest BCUT2D eigenvalue weighted by atomic mass is 10.0. The van der Waals surface area contributed by atoms with Crippen molar-refractivity contribution >= 4 is 11.0 Å². The molecule has 0 aliphatic rings. The average Bonchev–Trinajstić information content (AvgIpc) is 2.59. The van der Waals surface area contributed by atoms with Gasteiger partial charge in [0.1, 0.15) is 23.3 Å². The standard InChI is InChI=1S/C18H17NO4/c1-10-16(20)12(8-19)7-14-17(21)15(9-23-18(10)14)11-3-5-13(22-2)6-4-11/h3-7,9,20H,8,19H2,1-2H3. The van der Waals surface area contributed by atoms with Crippen LogP contribution in [-0.2, 0) is 6.54 Å². The molecule has 0 fully saturated rings. The minimum atomic E-state index is -0.158. The highest BCUT2D eigenvalue weighted by atomic mass is 16.5. The van der Waals surface area contributed by atoms with Crippen LogP contribution in [0.4, 0.5) is 0 Å². The van der Waals surface area contributed by atoms with Crippen molar-refractivity contribution in [3.8, 4) is 22.6 Å². The van der Waals surface area contributed by atoms with E-state index in [1.165, 1.54) is 6.26 Å². The van der Waals surface area contributed by atoms with Crippen LogP contribution in [0.3, 0.4) is 0 Å². The van der Waals surface area contributed by atoms with E-state index in [-0.39, 0.29) is 17.7 Å². The second-order valence-corrected chi connectivity index (χ2v) is 5.30. The molecule has 0 unspecified atom stereocenters. The number of rotatable bonds is 3. The molecule has 5 heteroatoms. The van der Waals surface area contributed by atoms with Crippen LogP contribution < -0.4 is 15.9 Å². The smallest absolute Gasteiger partial charge is 0.200 e. The molecule has 0 spiro atoms. The first-order valence-corrected chi connectivity index (χ1v) is 7.18. The minimum absolute atomic E-state index is 0.0698. The highest BCUT2D eigenvalue weighted by Crippen LogP contribution is 2.30. The lowest BCUT2D eigenvalue weighted by Crippen LogP contribution is -2.07. The maximum atomic E-state index is 12.8. The molecule has 0 saturated carbocycles. The fourth-order valence-corrected chi connectivity index (χ4v) is 2.62. The maximum Gasteiger partial charge on any atom is 0.200 e. The van der Waals surface area contributed by atoms with Crippen molar-refractivity contribution in [2.45, 2.75) is 13.5 Å². The topological polar surface area (TPSA) is 85.7 Å². The second kappa shape index (κ2) is 5.78. The van der Waals surface area contributed by atoms with E-state index in [9.17, 15) is 9.90 Å². The quantitative estimate of drug-likeness (QED) is 0.776. The van der Waals surface area contributed by atoms with E-state index in [0.717, 1.165) is 5.56 Å². The van der Waals surface area contributed by atoms with Gasteiger partial charge in [-0.3, -0.25) is 4.79 Å². The van der Waals surface area contributed by atoms with Gasteiger partial charge in [0.25, 0.3) is 0 Å². The van der Waals surface area contributed by atoms with Crippen LogP contribution in [0, 0.1) is 6.92 Å². The molecule has 0 radical (unpaired) electrons. The van der Waals surface area contributed by atoms with E-state index >= 15 is 0 Å². The monoisotopic (exact) mass is 311 g/mol.